The van der Waals surface area contributed by atoms with E-state index in [0.717, 1.165) is 0 Å². The Kier molecular flexibility index (Phi) is 4.98. The molecule has 0 bridgehead atoms. The number of nitrogens with zero attached hydrogens (tertiary/aromatic N) is 1. The molecule has 1 heterocycles. The first-order valence-corrected chi connectivity index (χ1v) is 7.23. The van der Waals surface area contributed by atoms with Gasteiger partial charge in [-0.1, -0.05) is 13.8 Å². The molecule has 1 rings (SSSR count). The summed E-state index contributed by atoms with van der Waals surface area (Å²) in [6.45, 7) is 3.63. The molecule has 0 aliphatic carbocycles. The summed E-state index contributed by atoms with van der Waals surface area (Å²) in [7, 11) is -3.83. The highest BCUT2D eigenvalue weighted by Gasteiger charge is 2.26. The third kappa shape index (κ3) is 3.98. The van der Waals surface area contributed by atoms with Crippen LogP contribution in [0, 0.1) is 5.92 Å². The van der Waals surface area contributed by atoms with Gasteiger partial charge in [0, 0.05) is 12.7 Å². The minimum Gasteiger partial charge on any atom is -0.368 e. The number of rotatable bonds is 6. The van der Waals surface area contributed by atoms with Crippen molar-refractivity contribution in [1.82, 2.24) is 9.71 Å². The number of sulfonamides is 1. The van der Waals surface area contributed by atoms with Gasteiger partial charge in [0.1, 0.15) is 10.9 Å². The van der Waals surface area contributed by atoms with Crippen molar-refractivity contribution in [3.8, 4) is 0 Å². The van der Waals surface area contributed by atoms with Gasteiger partial charge >= 0.3 is 0 Å². The number of aromatic nitrogens is 1. The van der Waals surface area contributed by atoms with Gasteiger partial charge in [0.15, 0.2) is 0 Å². The predicted molar refractivity (Wildman–Crippen MR) is 70.3 cm³/mol. The predicted octanol–water partition coefficient (Wildman–Crippen LogP) is -0.671. The molecular formula is C11H18N4O3S. The highest BCUT2D eigenvalue weighted by molar-refractivity contribution is 7.89. The number of hydrogen-bond acceptors (Lipinski definition) is 5. The van der Waals surface area contributed by atoms with Crippen LogP contribution in [0.5, 0.6) is 0 Å². The first kappa shape index (κ1) is 15.5. The van der Waals surface area contributed by atoms with Crippen LogP contribution < -0.4 is 16.2 Å². The molecule has 106 valence electrons. The van der Waals surface area contributed by atoms with E-state index in [1.807, 2.05) is 0 Å². The van der Waals surface area contributed by atoms with E-state index in [1.54, 1.807) is 13.8 Å². The molecule has 5 N–H and O–H groups in total. The standard InChI is InChI=1S/C11H18N4O3S/c1-7(2)10(11(13)16)15-19(17,18)9-4-3-8(5-12)14-6-9/h3-4,6-7,10,15H,5,12H2,1-2H3,(H2,13,16). The molecule has 1 unspecified atom stereocenters. The summed E-state index contributed by atoms with van der Waals surface area (Å²) < 4.78 is 26.4. The van der Waals surface area contributed by atoms with Gasteiger partial charge in [-0.05, 0) is 18.1 Å². The van der Waals surface area contributed by atoms with Gasteiger partial charge in [-0.3, -0.25) is 9.78 Å². The van der Waals surface area contributed by atoms with E-state index in [4.69, 9.17) is 11.5 Å². The van der Waals surface area contributed by atoms with Crippen molar-refractivity contribution in [2.45, 2.75) is 31.3 Å². The van der Waals surface area contributed by atoms with Crippen molar-refractivity contribution in [3.05, 3.63) is 24.0 Å². The lowest BCUT2D eigenvalue weighted by Crippen LogP contribution is -2.47. The Morgan fingerprint density at radius 3 is 2.42 bits per heavy atom. The maximum absolute atomic E-state index is 12.1. The highest BCUT2D eigenvalue weighted by Crippen LogP contribution is 2.11. The van der Waals surface area contributed by atoms with Gasteiger partial charge < -0.3 is 11.5 Å². The monoisotopic (exact) mass is 286 g/mol. The number of carbonyl (C=O) groups excluding carboxylic acids is 1. The minimum atomic E-state index is -3.83. The number of hydrogen-bond donors (Lipinski definition) is 3. The zero-order chi connectivity index (χ0) is 14.6. The van der Waals surface area contributed by atoms with E-state index in [-0.39, 0.29) is 17.4 Å². The Morgan fingerprint density at radius 2 is 2.05 bits per heavy atom. The second kappa shape index (κ2) is 6.09. The third-order valence-electron chi connectivity index (χ3n) is 2.57. The Bertz CT molecular complexity index is 540. The van der Waals surface area contributed by atoms with E-state index in [9.17, 15) is 13.2 Å². The Hall–Kier alpha value is -1.51. The van der Waals surface area contributed by atoms with Crippen molar-refractivity contribution in [3.63, 3.8) is 0 Å². The van der Waals surface area contributed by atoms with E-state index < -0.39 is 22.0 Å². The van der Waals surface area contributed by atoms with Crippen LogP contribution in [-0.2, 0) is 21.4 Å². The average molecular weight is 286 g/mol. The average Bonchev–Trinajstić information content (AvgIpc) is 2.35. The van der Waals surface area contributed by atoms with E-state index in [0.29, 0.717) is 5.69 Å². The van der Waals surface area contributed by atoms with Crippen molar-refractivity contribution >= 4 is 15.9 Å². The Labute approximate surface area is 112 Å². The highest BCUT2D eigenvalue weighted by atomic mass is 32.2. The van der Waals surface area contributed by atoms with E-state index in [2.05, 4.69) is 9.71 Å². The van der Waals surface area contributed by atoms with Crippen molar-refractivity contribution < 1.29 is 13.2 Å². The Balaban J connectivity index is 2.99. The summed E-state index contributed by atoms with van der Waals surface area (Å²) >= 11 is 0. The molecule has 1 aromatic heterocycles. The SMILES string of the molecule is CC(C)C(NS(=O)(=O)c1ccc(CN)nc1)C(N)=O. The molecule has 8 heteroatoms. The summed E-state index contributed by atoms with van der Waals surface area (Å²) in [5.41, 5.74) is 11.1. The summed E-state index contributed by atoms with van der Waals surface area (Å²) in [4.78, 5) is 15.1. The van der Waals surface area contributed by atoms with Crippen LogP contribution >= 0.6 is 0 Å². The molecule has 1 atom stereocenters. The fraction of sp³-hybridized carbons (Fsp3) is 0.455. The molecule has 0 spiro atoms. The maximum atomic E-state index is 12.1. The van der Waals surface area contributed by atoms with Crippen LogP contribution in [0.3, 0.4) is 0 Å². The fourth-order valence-electron chi connectivity index (χ4n) is 1.45. The Morgan fingerprint density at radius 1 is 1.42 bits per heavy atom. The molecule has 1 amide bonds. The molecule has 0 saturated heterocycles. The summed E-state index contributed by atoms with van der Waals surface area (Å²) in [6, 6.07) is 1.94. The second-order valence-electron chi connectivity index (χ2n) is 4.43. The molecule has 19 heavy (non-hydrogen) atoms. The summed E-state index contributed by atoms with van der Waals surface area (Å²) in [5.74, 6) is -0.964. The third-order valence-corrected chi connectivity index (χ3v) is 4.00. The van der Waals surface area contributed by atoms with Gasteiger partial charge in [0.25, 0.3) is 0 Å². The van der Waals surface area contributed by atoms with Crippen LogP contribution in [0.15, 0.2) is 23.2 Å². The number of carbonyl (C=O) groups is 1. The molecule has 0 aliphatic heterocycles. The molecule has 0 fully saturated rings. The molecular weight excluding hydrogens is 268 g/mol. The van der Waals surface area contributed by atoms with Crippen LogP contribution in [0.1, 0.15) is 19.5 Å². The zero-order valence-corrected chi connectivity index (χ0v) is 11.6. The number of nitrogens with two attached hydrogens (primary N) is 2. The lowest BCUT2D eigenvalue weighted by Gasteiger charge is -2.18. The number of nitrogens with one attached hydrogen (secondary N) is 1. The van der Waals surface area contributed by atoms with Crippen molar-refractivity contribution in [2.24, 2.45) is 17.4 Å². The lowest BCUT2D eigenvalue weighted by molar-refractivity contribution is -0.120. The molecule has 0 aliphatic rings. The fourth-order valence-corrected chi connectivity index (χ4v) is 2.75. The van der Waals surface area contributed by atoms with Crippen LogP contribution in [0.4, 0.5) is 0 Å². The number of amides is 1. The van der Waals surface area contributed by atoms with Gasteiger partial charge in [-0.2, -0.15) is 4.72 Å². The topological polar surface area (TPSA) is 128 Å². The maximum Gasteiger partial charge on any atom is 0.242 e. The first-order valence-electron chi connectivity index (χ1n) is 5.74. The van der Waals surface area contributed by atoms with Crippen molar-refractivity contribution in [1.29, 1.82) is 0 Å². The largest absolute Gasteiger partial charge is 0.368 e. The summed E-state index contributed by atoms with van der Waals surface area (Å²) in [6.07, 6.45) is 1.20. The van der Waals surface area contributed by atoms with Crippen LogP contribution in [0.2, 0.25) is 0 Å². The van der Waals surface area contributed by atoms with Gasteiger partial charge in [-0.25, -0.2) is 8.42 Å². The van der Waals surface area contributed by atoms with Gasteiger partial charge in [-0.15, -0.1) is 0 Å². The zero-order valence-electron chi connectivity index (χ0n) is 10.8. The normalized spacial score (nSPS) is 13.5. The van der Waals surface area contributed by atoms with E-state index in [1.165, 1.54) is 18.3 Å². The first-order chi connectivity index (χ1) is 8.77. The van der Waals surface area contributed by atoms with Crippen LogP contribution in [-0.4, -0.2) is 25.4 Å². The number of primary amides is 1. The molecule has 1 aromatic rings. The smallest absolute Gasteiger partial charge is 0.242 e. The molecule has 0 saturated carbocycles. The quantitative estimate of drug-likeness (QED) is 0.638. The lowest BCUT2D eigenvalue weighted by atomic mass is 10.1. The summed E-state index contributed by atoms with van der Waals surface area (Å²) in [5, 5.41) is 0. The molecule has 0 radical (unpaired) electrons. The second-order valence-corrected chi connectivity index (χ2v) is 6.15. The van der Waals surface area contributed by atoms with Crippen LogP contribution in [0.25, 0.3) is 0 Å². The van der Waals surface area contributed by atoms with E-state index >= 15 is 0 Å². The molecule has 0 aromatic carbocycles. The minimum absolute atomic E-state index is 0.0309. The van der Waals surface area contributed by atoms with Gasteiger partial charge in [0.2, 0.25) is 15.9 Å². The van der Waals surface area contributed by atoms with Crippen molar-refractivity contribution in [2.75, 3.05) is 0 Å². The molecule has 7 nitrogen and oxygen atoms in total. The van der Waals surface area contributed by atoms with Gasteiger partial charge in [0.05, 0.1) is 5.69 Å². The number of pyridine rings is 1.